The van der Waals surface area contributed by atoms with Gasteiger partial charge in [0.1, 0.15) is 0 Å². The molecule has 0 bridgehead atoms. The molecule has 0 aliphatic carbocycles. The number of nitrogens with one attached hydrogen (secondary N) is 1. The van der Waals surface area contributed by atoms with Crippen molar-refractivity contribution in [2.75, 3.05) is 17.6 Å². The summed E-state index contributed by atoms with van der Waals surface area (Å²) < 4.78 is 32.1. The molecule has 2 aromatic carbocycles. The summed E-state index contributed by atoms with van der Waals surface area (Å²) in [5, 5.41) is 1.82. The highest BCUT2D eigenvalue weighted by Gasteiger charge is 2.16. The van der Waals surface area contributed by atoms with Crippen LogP contribution in [0, 0.1) is 6.92 Å². The lowest BCUT2D eigenvalue weighted by Crippen LogP contribution is -2.20. The number of hydrogen-bond donors (Lipinski definition) is 1. The van der Waals surface area contributed by atoms with Crippen molar-refractivity contribution in [2.24, 2.45) is 4.99 Å². The summed E-state index contributed by atoms with van der Waals surface area (Å²) in [5.74, 6) is -1.45. The quantitative estimate of drug-likeness (QED) is 0.547. The highest BCUT2D eigenvalue weighted by atomic mass is 32.2. The van der Waals surface area contributed by atoms with Crippen LogP contribution in [0.2, 0.25) is 0 Å². The third kappa shape index (κ3) is 6.63. The molecular formula is C21H21N3O5S2. The van der Waals surface area contributed by atoms with Crippen molar-refractivity contribution in [1.82, 2.24) is 4.57 Å². The standard InChI is InChI=1S/C21H21N3O5S2/c1-15-7-9-16(10-8-15)13-24-11-12-30-21(24)22-19(25)14-29-20(26)17-5-3-4-6-18(17)23-31(2,27)28/h3-12,23H,13-14H2,1-2H3. The van der Waals surface area contributed by atoms with Crippen LogP contribution in [-0.4, -0.2) is 37.7 Å². The molecule has 3 rings (SSSR count). The number of para-hydroxylation sites is 1. The molecule has 0 spiro atoms. The van der Waals surface area contributed by atoms with Gasteiger partial charge in [-0.25, -0.2) is 13.2 Å². The lowest BCUT2D eigenvalue weighted by atomic mass is 10.1. The third-order valence-corrected chi connectivity index (χ3v) is 5.51. The molecule has 0 radical (unpaired) electrons. The predicted molar refractivity (Wildman–Crippen MR) is 118 cm³/mol. The molecule has 1 amide bonds. The summed E-state index contributed by atoms with van der Waals surface area (Å²) in [7, 11) is -3.58. The second-order valence-electron chi connectivity index (χ2n) is 6.80. The monoisotopic (exact) mass is 459 g/mol. The van der Waals surface area contributed by atoms with Gasteiger partial charge >= 0.3 is 5.97 Å². The highest BCUT2D eigenvalue weighted by molar-refractivity contribution is 7.92. The largest absolute Gasteiger partial charge is 0.452 e. The van der Waals surface area contributed by atoms with Gasteiger partial charge in [0.15, 0.2) is 11.4 Å². The average Bonchev–Trinajstić information content (AvgIpc) is 3.13. The first-order chi connectivity index (χ1) is 14.7. The molecule has 0 saturated heterocycles. The van der Waals surface area contributed by atoms with Gasteiger partial charge in [-0.15, -0.1) is 11.3 Å². The Bertz CT molecular complexity index is 1260. The number of hydrogen-bond acceptors (Lipinski definition) is 6. The Morgan fingerprint density at radius 3 is 2.55 bits per heavy atom. The van der Waals surface area contributed by atoms with Crippen molar-refractivity contribution in [2.45, 2.75) is 13.5 Å². The van der Waals surface area contributed by atoms with Gasteiger partial charge in [0.05, 0.1) is 17.5 Å². The minimum absolute atomic E-state index is 0.00582. The van der Waals surface area contributed by atoms with Crippen molar-refractivity contribution in [1.29, 1.82) is 0 Å². The Hall–Kier alpha value is -3.24. The first-order valence-electron chi connectivity index (χ1n) is 9.22. The fraction of sp³-hybridized carbons (Fsp3) is 0.190. The molecule has 0 unspecified atom stereocenters. The lowest BCUT2D eigenvalue weighted by molar-refractivity contribution is -0.121. The Morgan fingerprint density at radius 1 is 1.13 bits per heavy atom. The van der Waals surface area contributed by atoms with Gasteiger partial charge in [-0.05, 0) is 24.6 Å². The minimum atomic E-state index is -3.58. The molecule has 8 nitrogen and oxygen atoms in total. The van der Waals surface area contributed by atoms with E-state index in [-0.39, 0.29) is 11.3 Å². The fourth-order valence-corrected chi connectivity index (χ4v) is 4.01. The topological polar surface area (TPSA) is 107 Å². The number of sulfonamides is 1. The molecule has 0 aliphatic heterocycles. The molecule has 1 N–H and O–H groups in total. The van der Waals surface area contributed by atoms with Gasteiger partial charge in [-0.1, -0.05) is 42.0 Å². The van der Waals surface area contributed by atoms with E-state index in [0.29, 0.717) is 11.3 Å². The summed E-state index contributed by atoms with van der Waals surface area (Å²) in [5.41, 5.74) is 2.31. The Kier molecular flexibility index (Phi) is 7.03. The van der Waals surface area contributed by atoms with Crippen molar-refractivity contribution >= 4 is 38.9 Å². The van der Waals surface area contributed by atoms with Crippen LogP contribution in [0.1, 0.15) is 21.5 Å². The summed E-state index contributed by atoms with van der Waals surface area (Å²) in [6, 6.07) is 14.0. The predicted octanol–water partition coefficient (Wildman–Crippen LogP) is 2.56. The fourth-order valence-electron chi connectivity index (χ4n) is 2.69. The van der Waals surface area contributed by atoms with E-state index in [1.54, 1.807) is 12.1 Å². The number of aromatic nitrogens is 1. The smallest absolute Gasteiger partial charge is 0.340 e. The number of nitrogens with zero attached hydrogens (tertiary/aromatic N) is 2. The summed E-state index contributed by atoms with van der Waals surface area (Å²) >= 11 is 1.30. The first kappa shape index (κ1) is 22.4. The van der Waals surface area contributed by atoms with E-state index in [1.807, 2.05) is 47.3 Å². The van der Waals surface area contributed by atoms with Gasteiger partial charge in [0, 0.05) is 18.1 Å². The number of anilines is 1. The van der Waals surface area contributed by atoms with Gasteiger partial charge in [-0.2, -0.15) is 4.99 Å². The zero-order chi connectivity index (χ0) is 22.4. The lowest BCUT2D eigenvalue weighted by Gasteiger charge is -2.09. The Morgan fingerprint density at radius 2 is 1.84 bits per heavy atom. The van der Waals surface area contributed by atoms with Crippen LogP contribution in [0.15, 0.2) is 65.1 Å². The number of rotatable bonds is 7. The maximum atomic E-state index is 12.3. The van der Waals surface area contributed by atoms with Crippen LogP contribution >= 0.6 is 11.3 Å². The number of carbonyl (C=O) groups is 2. The summed E-state index contributed by atoms with van der Waals surface area (Å²) in [6.07, 6.45) is 2.81. The third-order valence-electron chi connectivity index (χ3n) is 4.12. The van der Waals surface area contributed by atoms with E-state index < -0.39 is 28.5 Å². The average molecular weight is 460 g/mol. The van der Waals surface area contributed by atoms with Gasteiger partial charge < -0.3 is 9.30 Å². The van der Waals surface area contributed by atoms with Crippen LogP contribution in [0.3, 0.4) is 0 Å². The van der Waals surface area contributed by atoms with Gasteiger partial charge in [-0.3, -0.25) is 9.52 Å². The van der Waals surface area contributed by atoms with Gasteiger partial charge in [0.25, 0.3) is 5.91 Å². The minimum Gasteiger partial charge on any atom is -0.452 e. The highest BCUT2D eigenvalue weighted by Crippen LogP contribution is 2.17. The molecule has 1 aromatic heterocycles. The molecule has 0 atom stereocenters. The number of carbonyl (C=O) groups excluding carboxylic acids is 2. The normalized spacial score (nSPS) is 11.9. The summed E-state index contributed by atoms with van der Waals surface area (Å²) in [6.45, 7) is 2.01. The number of aryl methyl sites for hydroxylation is 1. The van der Waals surface area contributed by atoms with Crippen LogP contribution in [0.25, 0.3) is 0 Å². The van der Waals surface area contributed by atoms with E-state index in [9.17, 15) is 18.0 Å². The van der Waals surface area contributed by atoms with E-state index in [2.05, 4.69) is 9.71 Å². The van der Waals surface area contributed by atoms with Gasteiger partial charge in [0.2, 0.25) is 10.0 Å². The molecule has 10 heteroatoms. The van der Waals surface area contributed by atoms with E-state index in [0.717, 1.165) is 17.4 Å². The molecule has 31 heavy (non-hydrogen) atoms. The van der Waals surface area contributed by atoms with Crippen molar-refractivity contribution in [3.8, 4) is 0 Å². The Labute approximate surface area is 183 Å². The molecule has 1 heterocycles. The number of benzene rings is 2. The second kappa shape index (κ2) is 9.71. The first-order valence-corrected chi connectivity index (χ1v) is 12.0. The molecule has 0 fully saturated rings. The SMILES string of the molecule is Cc1ccc(Cn2ccsc2=NC(=O)COC(=O)c2ccccc2NS(C)(=O)=O)cc1. The zero-order valence-electron chi connectivity index (χ0n) is 16.9. The maximum Gasteiger partial charge on any atom is 0.340 e. The molecule has 3 aromatic rings. The summed E-state index contributed by atoms with van der Waals surface area (Å²) in [4.78, 5) is 29.1. The van der Waals surface area contributed by atoms with Crippen LogP contribution in [0.4, 0.5) is 5.69 Å². The van der Waals surface area contributed by atoms with Crippen LogP contribution < -0.4 is 9.52 Å². The second-order valence-corrected chi connectivity index (χ2v) is 9.42. The molecule has 0 aliphatic rings. The van der Waals surface area contributed by atoms with E-state index in [4.69, 9.17) is 4.74 Å². The van der Waals surface area contributed by atoms with Crippen molar-refractivity contribution in [3.05, 3.63) is 81.6 Å². The zero-order valence-corrected chi connectivity index (χ0v) is 18.6. The molecular weight excluding hydrogens is 438 g/mol. The molecule has 0 saturated carbocycles. The molecule has 162 valence electrons. The number of esters is 1. The van der Waals surface area contributed by atoms with Crippen molar-refractivity contribution < 1.29 is 22.7 Å². The van der Waals surface area contributed by atoms with Crippen LogP contribution in [0.5, 0.6) is 0 Å². The number of amides is 1. The van der Waals surface area contributed by atoms with Crippen LogP contribution in [-0.2, 0) is 26.1 Å². The van der Waals surface area contributed by atoms with Crippen molar-refractivity contribution in [3.63, 3.8) is 0 Å². The maximum absolute atomic E-state index is 12.3. The number of thiazole rings is 1. The Balaban J connectivity index is 1.67. The van der Waals surface area contributed by atoms with E-state index >= 15 is 0 Å². The van der Waals surface area contributed by atoms with E-state index in [1.165, 1.54) is 23.5 Å². The number of ether oxygens (including phenoxy) is 1.